The molecule has 0 atom stereocenters. The van der Waals surface area contributed by atoms with Crippen molar-refractivity contribution in [3.8, 4) is 28.4 Å². The normalized spacial score (nSPS) is 13.3. The summed E-state index contributed by atoms with van der Waals surface area (Å²) in [5.41, 5.74) is 3.46. The van der Waals surface area contributed by atoms with Crippen LogP contribution in [0.15, 0.2) is 54.7 Å². The summed E-state index contributed by atoms with van der Waals surface area (Å²) in [5.74, 6) is 3.11. The molecule has 1 aliphatic rings. The zero-order valence-electron chi connectivity index (χ0n) is 15.8. The van der Waals surface area contributed by atoms with Crippen LogP contribution in [0.4, 0.5) is 0 Å². The maximum absolute atomic E-state index is 5.67. The molecule has 1 aromatic heterocycles. The van der Waals surface area contributed by atoms with Gasteiger partial charge >= 0.3 is 0 Å². The minimum atomic E-state index is 0. The van der Waals surface area contributed by atoms with Gasteiger partial charge in [0, 0.05) is 12.0 Å². The van der Waals surface area contributed by atoms with Crippen LogP contribution in [0, 0.1) is 0 Å². The van der Waals surface area contributed by atoms with Crippen molar-refractivity contribution in [2.45, 2.75) is 32.2 Å². The highest BCUT2D eigenvalue weighted by Gasteiger charge is 2.28. The van der Waals surface area contributed by atoms with E-state index in [1.807, 2.05) is 24.3 Å². The highest BCUT2D eigenvalue weighted by atomic mass is 79.9. The molecule has 1 aliphatic heterocycles. The Morgan fingerprint density at radius 2 is 1.67 bits per heavy atom. The summed E-state index contributed by atoms with van der Waals surface area (Å²) >= 11 is 0. The lowest BCUT2D eigenvalue weighted by molar-refractivity contribution is -0.702. The van der Waals surface area contributed by atoms with Crippen LogP contribution in [0.5, 0.6) is 11.5 Å². The molecule has 0 bridgehead atoms. The standard InChI is InChI=1S/C22H25N2O2.BrH/c1-25-18-13-11-17(12-14-18)20-16-23-15-7-3-4-10-22(23)24(20)19-8-5-6-9-21(19)26-2;/h5-6,8-9,11-14,16H,3-4,7,10,15H2,1-2H3;1H/q+1;/p-1. The van der Waals surface area contributed by atoms with Gasteiger partial charge in [-0.15, -0.1) is 0 Å². The summed E-state index contributed by atoms with van der Waals surface area (Å²) in [7, 11) is 3.44. The Labute approximate surface area is 171 Å². The lowest BCUT2D eigenvalue weighted by Gasteiger charge is -2.09. The van der Waals surface area contributed by atoms with Gasteiger partial charge in [-0.1, -0.05) is 12.1 Å². The van der Waals surface area contributed by atoms with E-state index in [-0.39, 0.29) is 17.0 Å². The number of imidazole rings is 1. The average molecular weight is 429 g/mol. The van der Waals surface area contributed by atoms with Crippen LogP contribution in [0.3, 0.4) is 0 Å². The second-order valence-electron chi connectivity index (χ2n) is 6.67. The van der Waals surface area contributed by atoms with Gasteiger partial charge in [0.05, 0.1) is 20.8 Å². The molecule has 0 aliphatic carbocycles. The second-order valence-corrected chi connectivity index (χ2v) is 6.67. The molecule has 4 rings (SSSR count). The van der Waals surface area contributed by atoms with Gasteiger partial charge in [-0.25, -0.2) is 4.57 Å². The summed E-state index contributed by atoms with van der Waals surface area (Å²) in [6, 6.07) is 16.5. The summed E-state index contributed by atoms with van der Waals surface area (Å²) in [6.07, 6.45) is 7.10. The van der Waals surface area contributed by atoms with Gasteiger partial charge in [-0.3, -0.25) is 0 Å². The minimum Gasteiger partial charge on any atom is -1.00 e. The van der Waals surface area contributed by atoms with E-state index in [2.05, 4.69) is 39.6 Å². The van der Waals surface area contributed by atoms with E-state index in [9.17, 15) is 0 Å². The molecule has 0 unspecified atom stereocenters. The molecule has 4 nitrogen and oxygen atoms in total. The zero-order valence-corrected chi connectivity index (χ0v) is 17.4. The van der Waals surface area contributed by atoms with Crippen LogP contribution < -0.4 is 31.0 Å². The van der Waals surface area contributed by atoms with Gasteiger partial charge in [0.2, 0.25) is 0 Å². The SMILES string of the molecule is COc1ccc(-c2c[n+]3c(n2-c2ccccc2OC)CCCCC3)cc1.[Br-]. The maximum atomic E-state index is 5.67. The molecular formula is C22H25BrN2O2. The Hall–Kier alpha value is -2.27. The fraction of sp³-hybridized carbons (Fsp3) is 0.318. The van der Waals surface area contributed by atoms with Gasteiger partial charge in [0.15, 0.2) is 17.1 Å². The number of nitrogens with zero attached hydrogens (tertiary/aromatic N) is 2. The topological polar surface area (TPSA) is 27.3 Å². The Balaban J connectivity index is 0.00000210. The van der Waals surface area contributed by atoms with Gasteiger partial charge in [0.25, 0.3) is 5.82 Å². The van der Waals surface area contributed by atoms with Crippen molar-refractivity contribution in [3.63, 3.8) is 0 Å². The van der Waals surface area contributed by atoms with Crippen LogP contribution >= 0.6 is 0 Å². The van der Waals surface area contributed by atoms with Gasteiger partial charge in [-0.05, 0) is 55.7 Å². The molecule has 27 heavy (non-hydrogen) atoms. The number of hydrogen-bond donors (Lipinski definition) is 0. The molecule has 2 heterocycles. The number of rotatable bonds is 4. The molecule has 5 heteroatoms. The van der Waals surface area contributed by atoms with Crippen LogP contribution in [-0.4, -0.2) is 18.8 Å². The minimum absolute atomic E-state index is 0. The van der Waals surface area contributed by atoms with E-state index >= 15 is 0 Å². The summed E-state index contributed by atoms with van der Waals surface area (Å²) in [6.45, 7) is 1.07. The van der Waals surface area contributed by atoms with Gasteiger partial charge in [0.1, 0.15) is 11.9 Å². The number of aryl methyl sites for hydroxylation is 1. The largest absolute Gasteiger partial charge is 1.00 e. The summed E-state index contributed by atoms with van der Waals surface area (Å²) < 4.78 is 15.8. The molecule has 0 fully saturated rings. The van der Waals surface area contributed by atoms with Gasteiger partial charge in [-0.2, -0.15) is 4.57 Å². The zero-order chi connectivity index (χ0) is 17.9. The van der Waals surface area contributed by atoms with Crippen molar-refractivity contribution in [2.24, 2.45) is 0 Å². The molecular weight excluding hydrogens is 404 g/mol. The van der Waals surface area contributed by atoms with Crippen molar-refractivity contribution in [1.29, 1.82) is 0 Å². The van der Waals surface area contributed by atoms with Crippen molar-refractivity contribution in [2.75, 3.05) is 14.2 Å². The first-order chi connectivity index (χ1) is 12.8. The number of aromatic nitrogens is 2. The predicted octanol–water partition coefficient (Wildman–Crippen LogP) is 1.18. The number of benzene rings is 2. The average Bonchev–Trinajstić information content (AvgIpc) is 2.90. The van der Waals surface area contributed by atoms with E-state index in [1.165, 1.54) is 36.3 Å². The third-order valence-corrected chi connectivity index (χ3v) is 5.12. The van der Waals surface area contributed by atoms with Crippen molar-refractivity contribution in [1.82, 2.24) is 4.57 Å². The number of halogens is 1. The number of fused-ring (bicyclic) bond motifs is 1. The van der Waals surface area contributed by atoms with Crippen molar-refractivity contribution < 1.29 is 31.0 Å². The first kappa shape index (κ1) is 19.5. The van der Waals surface area contributed by atoms with E-state index in [1.54, 1.807) is 14.2 Å². The van der Waals surface area contributed by atoms with E-state index in [4.69, 9.17) is 9.47 Å². The van der Waals surface area contributed by atoms with E-state index < -0.39 is 0 Å². The van der Waals surface area contributed by atoms with Crippen LogP contribution in [0.1, 0.15) is 25.1 Å². The smallest absolute Gasteiger partial charge is 0.262 e. The second kappa shape index (κ2) is 8.61. The molecule has 0 saturated heterocycles. The predicted molar refractivity (Wildman–Crippen MR) is 102 cm³/mol. The first-order valence-corrected chi connectivity index (χ1v) is 9.23. The van der Waals surface area contributed by atoms with E-state index in [0.717, 1.165) is 30.2 Å². The number of para-hydroxylation sites is 2. The highest BCUT2D eigenvalue weighted by molar-refractivity contribution is 5.64. The number of hydrogen-bond acceptors (Lipinski definition) is 2. The molecule has 0 spiro atoms. The highest BCUT2D eigenvalue weighted by Crippen LogP contribution is 2.31. The molecule has 142 valence electrons. The molecule has 3 aromatic rings. The fourth-order valence-corrected chi connectivity index (χ4v) is 3.79. The van der Waals surface area contributed by atoms with Gasteiger partial charge < -0.3 is 26.5 Å². The molecule has 0 N–H and O–H groups in total. The van der Waals surface area contributed by atoms with E-state index in [0.29, 0.717) is 0 Å². The third-order valence-electron chi connectivity index (χ3n) is 5.12. The van der Waals surface area contributed by atoms with Crippen molar-refractivity contribution in [3.05, 3.63) is 60.6 Å². The first-order valence-electron chi connectivity index (χ1n) is 9.23. The summed E-state index contributed by atoms with van der Waals surface area (Å²) in [5, 5.41) is 0. The van der Waals surface area contributed by atoms with Crippen LogP contribution in [-0.2, 0) is 13.0 Å². The number of ether oxygens (including phenoxy) is 2. The number of methoxy groups -OCH3 is 2. The molecule has 0 amide bonds. The lowest BCUT2D eigenvalue weighted by atomic mass is 10.1. The molecule has 0 radical (unpaired) electrons. The summed E-state index contributed by atoms with van der Waals surface area (Å²) in [4.78, 5) is 0. The Morgan fingerprint density at radius 3 is 2.41 bits per heavy atom. The lowest BCUT2D eigenvalue weighted by Crippen LogP contribution is -3.00. The van der Waals surface area contributed by atoms with Crippen LogP contribution in [0.2, 0.25) is 0 Å². The third kappa shape index (κ3) is 3.74. The Morgan fingerprint density at radius 1 is 0.889 bits per heavy atom. The van der Waals surface area contributed by atoms with Crippen LogP contribution in [0.25, 0.3) is 16.9 Å². The van der Waals surface area contributed by atoms with Crippen molar-refractivity contribution >= 4 is 0 Å². The molecule has 0 saturated carbocycles. The quantitative estimate of drug-likeness (QED) is 0.583. The fourth-order valence-electron chi connectivity index (χ4n) is 3.79. The monoisotopic (exact) mass is 428 g/mol. The maximum Gasteiger partial charge on any atom is 0.262 e. The Bertz CT molecular complexity index is 903. The molecule has 2 aromatic carbocycles. The Kier molecular flexibility index (Phi) is 6.22.